The van der Waals surface area contributed by atoms with Crippen molar-refractivity contribution in [3.8, 4) is 11.5 Å². The van der Waals surface area contributed by atoms with E-state index in [0.29, 0.717) is 18.3 Å². The van der Waals surface area contributed by atoms with Gasteiger partial charge in [-0.1, -0.05) is 6.07 Å². The van der Waals surface area contributed by atoms with E-state index in [0.717, 1.165) is 12.1 Å². The Balaban J connectivity index is 2.03. The number of hydrogen-bond acceptors (Lipinski definition) is 4. The van der Waals surface area contributed by atoms with Crippen LogP contribution in [0.2, 0.25) is 0 Å². The minimum atomic E-state index is 0.171. The van der Waals surface area contributed by atoms with E-state index in [1.54, 1.807) is 12.1 Å². The van der Waals surface area contributed by atoms with Crippen LogP contribution >= 0.6 is 0 Å². The minimum Gasteiger partial charge on any atom is -0.504 e. The van der Waals surface area contributed by atoms with Crippen molar-refractivity contribution in [2.24, 2.45) is 0 Å². The summed E-state index contributed by atoms with van der Waals surface area (Å²) in [6.07, 6.45) is 2.42. The second kappa shape index (κ2) is 5.38. The Morgan fingerprint density at radius 3 is 2.71 bits per heavy atom. The Kier molecular flexibility index (Phi) is 3.86. The summed E-state index contributed by atoms with van der Waals surface area (Å²) in [4.78, 5) is 2.25. The quantitative estimate of drug-likeness (QED) is 0.784. The SMILES string of the molecule is COc1ccc(CN(CCO)C2CC2)cc1O. The van der Waals surface area contributed by atoms with Gasteiger partial charge in [-0.2, -0.15) is 0 Å². The van der Waals surface area contributed by atoms with Crippen LogP contribution in [-0.2, 0) is 6.54 Å². The van der Waals surface area contributed by atoms with Crippen molar-refractivity contribution in [3.63, 3.8) is 0 Å². The van der Waals surface area contributed by atoms with E-state index in [-0.39, 0.29) is 12.4 Å². The Bertz CT molecular complexity index is 377. The molecule has 17 heavy (non-hydrogen) atoms. The summed E-state index contributed by atoms with van der Waals surface area (Å²) in [7, 11) is 1.54. The first-order valence-electron chi connectivity index (χ1n) is 5.95. The van der Waals surface area contributed by atoms with E-state index in [1.807, 2.05) is 6.07 Å². The van der Waals surface area contributed by atoms with Gasteiger partial charge in [0.1, 0.15) is 0 Å². The Labute approximate surface area is 101 Å². The Morgan fingerprint density at radius 2 is 2.18 bits per heavy atom. The molecule has 1 aromatic carbocycles. The molecule has 0 radical (unpaired) electrons. The van der Waals surface area contributed by atoms with Crippen LogP contribution in [-0.4, -0.2) is 41.4 Å². The molecule has 1 fully saturated rings. The zero-order valence-corrected chi connectivity index (χ0v) is 10.1. The Hall–Kier alpha value is -1.26. The fourth-order valence-electron chi connectivity index (χ4n) is 2.03. The lowest BCUT2D eigenvalue weighted by molar-refractivity contribution is 0.183. The average molecular weight is 237 g/mol. The molecule has 0 amide bonds. The summed E-state index contributed by atoms with van der Waals surface area (Å²) in [5.41, 5.74) is 1.05. The number of aliphatic hydroxyl groups is 1. The molecule has 1 aromatic rings. The maximum Gasteiger partial charge on any atom is 0.160 e. The molecule has 1 aliphatic carbocycles. The zero-order valence-electron chi connectivity index (χ0n) is 10.1. The first-order valence-corrected chi connectivity index (χ1v) is 5.95. The predicted octanol–water partition coefficient (Wildman–Crippen LogP) is 1.36. The molecule has 2 N–H and O–H groups in total. The third kappa shape index (κ3) is 3.11. The van der Waals surface area contributed by atoms with Gasteiger partial charge in [0, 0.05) is 19.1 Å². The van der Waals surface area contributed by atoms with Gasteiger partial charge in [0.2, 0.25) is 0 Å². The van der Waals surface area contributed by atoms with Crippen molar-refractivity contribution in [1.29, 1.82) is 0 Å². The van der Waals surface area contributed by atoms with Crippen LogP contribution in [0, 0.1) is 0 Å². The maximum absolute atomic E-state index is 9.70. The third-order valence-corrected chi connectivity index (χ3v) is 3.08. The summed E-state index contributed by atoms with van der Waals surface area (Å²) in [5.74, 6) is 0.665. The topological polar surface area (TPSA) is 52.9 Å². The summed E-state index contributed by atoms with van der Waals surface area (Å²) in [6, 6.07) is 6.05. The van der Waals surface area contributed by atoms with Gasteiger partial charge in [-0.3, -0.25) is 4.90 Å². The van der Waals surface area contributed by atoms with Crippen LogP contribution in [0.25, 0.3) is 0 Å². The standard InChI is InChI=1S/C13H19NO3/c1-17-13-5-2-10(8-12(13)16)9-14(6-7-15)11-3-4-11/h2,5,8,11,15-16H,3-4,6-7,9H2,1H3. The number of phenols is 1. The van der Waals surface area contributed by atoms with Gasteiger partial charge in [0.15, 0.2) is 11.5 Å². The van der Waals surface area contributed by atoms with Gasteiger partial charge in [0.05, 0.1) is 13.7 Å². The molecule has 0 spiro atoms. The van der Waals surface area contributed by atoms with Crippen LogP contribution in [0.4, 0.5) is 0 Å². The van der Waals surface area contributed by atoms with Crippen LogP contribution in [0.1, 0.15) is 18.4 Å². The number of aromatic hydroxyl groups is 1. The fourth-order valence-corrected chi connectivity index (χ4v) is 2.03. The van der Waals surface area contributed by atoms with Crippen molar-refractivity contribution in [1.82, 2.24) is 4.90 Å². The van der Waals surface area contributed by atoms with Gasteiger partial charge < -0.3 is 14.9 Å². The molecular weight excluding hydrogens is 218 g/mol. The second-order valence-corrected chi connectivity index (χ2v) is 4.43. The van der Waals surface area contributed by atoms with Crippen molar-refractivity contribution >= 4 is 0 Å². The number of nitrogens with zero attached hydrogens (tertiary/aromatic N) is 1. The molecule has 0 aliphatic heterocycles. The van der Waals surface area contributed by atoms with E-state index in [1.165, 1.54) is 20.0 Å². The highest BCUT2D eigenvalue weighted by molar-refractivity contribution is 5.41. The number of aliphatic hydroxyl groups excluding tert-OH is 1. The van der Waals surface area contributed by atoms with Crippen molar-refractivity contribution in [3.05, 3.63) is 23.8 Å². The Morgan fingerprint density at radius 1 is 1.41 bits per heavy atom. The number of benzene rings is 1. The lowest BCUT2D eigenvalue weighted by Crippen LogP contribution is -2.28. The molecule has 0 aromatic heterocycles. The first kappa shape index (κ1) is 12.2. The first-order chi connectivity index (χ1) is 8.24. The molecule has 0 bridgehead atoms. The molecular formula is C13H19NO3. The van der Waals surface area contributed by atoms with Crippen LogP contribution < -0.4 is 4.74 Å². The van der Waals surface area contributed by atoms with Crippen LogP contribution in [0.3, 0.4) is 0 Å². The number of ether oxygens (including phenoxy) is 1. The molecule has 1 aliphatic rings. The van der Waals surface area contributed by atoms with Crippen LogP contribution in [0.5, 0.6) is 11.5 Å². The van der Waals surface area contributed by atoms with Gasteiger partial charge in [0.25, 0.3) is 0 Å². The lowest BCUT2D eigenvalue weighted by atomic mass is 10.2. The van der Waals surface area contributed by atoms with E-state index < -0.39 is 0 Å². The largest absolute Gasteiger partial charge is 0.504 e. The molecule has 0 unspecified atom stereocenters. The van der Waals surface area contributed by atoms with E-state index >= 15 is 0 Å². The number of methoxy groups -OCH3 is 1. The smallest absolute Gasteiger partial charge is 0.160 e. The normalized spacial score (nSPS) is 15.2. The highest BCUT2D eigenvalue weighted by Gasteiger charge is 2.28. The number of rotatable bonds is 6. The third-order valence-electron chi connectivity index (χ3n) is 3.08. The number of hydrogen-bond donors (Lipinski definition) is 2. The van der Waals surface area contributed by atoms with Gasteiger partial charge >= 0.3 is 0 Å². The molecule has 4 nitrogen and oxygen atoms in total. The second-order valence-electron chi connectivity index (χ2n) is 4.43. The van der Waals surface area contributed by atoms with E-state index in [2.05, 4.69) is 4.90 Å². The van der Waals surface area contributed by atoms with E-state index in [9.17, 15) is 5.11 Å². The lowest BCUT2D eigenvalue weighted by Gasteiger charge is -2.21. The minimum absolute atomic E-state index is 0.171. The van der Waals surface area contributed by atoms with Crippen molar-refractivity contribution in [2.75, 3.05) is 20.3 Å². The molecule has 4 heteroatoms. The summed E-state index contributed by atoms with van der Waals surface area (Å²) in [6.45, 7) is 1.64. The summed E-state index contributed by atoms with van der Waals surface area (Å²) < 4.78 is 5.01. The monoisotopic (exact) mass is 237 g/mol. The predicted molar refractivity (Wildman–Crippen MR) is 65.2 cm³/mol. The fraction of sp³-hybridized carbons (Fsp3) is 0.538. The highest BCUT2D eigenvalue weighted by Crippen LogP contribution is 2.30. The molecule has 94 valence electrons. The van der Waals surface area contributed by atoms with Crippen LogP contribution in [0.15, 0.2) is 18.2 Å². The van der Waals surface area contributed by atoms with Crippen molar-refractivity contribution in [2.45, 2.75) is 25.4 Å². The van der Waals surface area contributed by atoms with Crippen molar-refractivity contribution < 1.29 is 14.9 Å². The molecule has 2 rings (SSSR count). The summed E-state index contributed by atoms with van der Waals surface area (Å²) >= 11 is 0. The highest BCUT2D eigenvalue weighted by atomic mass is 16.5. The van der Waals surface area contributed by atoms with E-state index in [4.69, 9.17) is 9.84 Å². The summed E-state index contributed by atoms with van der Waals surface area (Å²) in [5, 5.41) is 18.7. The molecule has 0 heterocycles. The zero-order chi connectivity index (χ0) is 12.3. The molecule has 1 saturated carbocycles. The molecule has 0 saturated heterocycles. The van der Waals surface area contributed by atoms with Gasteiger partial charge in [-0.15, -0.1) is 0 Å². The average Bonchev–Trinajstić information content (AvgIpc) is 3.12. The molecule has 0 atom stereocenters. The number of phenolic OH excluding ortho intramolecular Hbond substituents is 1. The maximum atomic E-state index is 9.70. The van der Waals surface area contributed by atoms with Gasteiger partial charge in [-0.05, 0) is 30.5 Å². The van der Waals surface area contributed by atoms with Gasteiger partial charge in [-0.25, -0.2) is 0 Å².